The Morgan fingerprint density at radius 3 is 2.12 bits per heavy atom. The van der Waals surface area contributed by atoms with Gasteiger partial charge in [0.1, 0.15) is 5.78 Å². The van der Waals surface area contributed by atoms with Gasteiger partial charge in [-0.15, -0.1) is 0 Å². The zero-order valence-corrected chi connectivity index (χ0v) is 10.9. The Hall–Kier alpha value is -0.910. The fourth-order valence-electron chi connectivity index (χ4n) is 2.56. The van der Waals surface area contributed by atoms with Crippen molar-refractivity contribution in [2.24, 2.45) is 5.41 Å². The van der Waals surface area contributed by atoms with Crippen molar-refractivity contribution >= 4 is 21.7 Å². The fourth-order valence-corrected chi connectivity index (χ4v) is 4.90. The van der Waals surface area contributed by atoms with E-state index in [0.29, 0.717) is 25.7 Å². The number of ketones is 1. The summed E-state index contributed by atoms with van der Waals surface area (Å²) in [6.45, 7) is 3.31. The quantitative estimate of drug-likeness (QED) is 0.695. The first kappa shape index (κ1) is 12.5. The summed E-state index contributed by atoms with van der Waals surface area (Å²) in [7, 11) is -3.49. The van der Waals surface area contributed by atoms with Gasteiger partial charge in [0.15, 0.2) is 0 Å². The van der Waals surface area contributed by atoms with E-state index in [0.717, 1.165) is 4.31 Å². The molecular weight excluding hydrogens is 242 g/mol. The lowest BCUT2D eigenvalue weighted by atomic mass is 9.91. The Bertz CT molecular complexity index is 456. The highest BCUT2D eigenvalue weighted by Crippen LogP contribution is 2.36. The highest BCUT2D eigenvalue weighted by Gasteiger charge is 2.51. The van der Waals surface area contributed by atoms with Gasteiger partial charge in [0.25, 0.3) is 0 Å². The molecule has 0 aromatic carbocycles. The van der Waals surface area contributed by atoms with Crippen LogP contribution in [0.5, 0.6) is 0 Å². The van der Waals surface area contributed by atoms with E-state index < -0.39 is 15.4 Å². The molecule has 0 spiro atoms. The predicted molar refractivity (Wildman–Crippen MR) is 61.7 cm³/mol. The van der Waals surface area contributed by atoms with Crippen LogP contribution in [0.2, 0.25) is 0 Å². The molecule has 1 amide bonds. The summed E-state index contributed by atoms with van der Waals surface area (Å²) in [5.41, 5.74) is -0.833. The first-order valence-corrected chi connectivity index (χ1v) is 7.43. The Kier molecular flexibility index (Phi) is 2.80. The van der Waals surface area contributed by atoms with Gasteiger partial charge in [-0.1, -0.05) is 0 Å². The van der Waals surface area contributed by atoms with Crippen LogP contribution in [0.1, 0.15) is 39.5 Å². The van der Waals surface area contributed by atoms with Gasteiger partial charge in [-0.05, 0) is 26.7 Å². The van der Waals surface area contributed by atoms with E-state index in [1.165, 1.54) is 0 Å². The van der Waals surface area contributed by atoms with E-state index >= 15 is 0 Å². The van der Waals surface area contributed by atoms with Gasteiger partial charge in [0.2, 0.25) is 15.9 Å². The summed E-state index contributed by atoms with van der Waals surface area (Å²) in [5, 5.41) is 0. The summed E-state index contributed by atoms with van der Waals surface area (Å²) in [6, 6.07) is -0.313. The van der Waals surface area contributed by atoms with E-state index in [9.17, 15) is 18.0 Å². The van der Waals surface area contributed by atoms with Crippen LogP contribution in [-0.2, 0) is 19.6 Å². The number of Topliss-reactive ketones (excluding diaryl/α,β-unsaturated/α-hetero) is 1. The second-order valence-corrected chi connectivity index (χ2v) is 7.36. The van der Waals surface area contributed by atoms with Crippen LogP contribution in [0.3, 0.4) is 0 Å². The van der Waals surface area contributed by atoms with Gasteiger partial charge in [0.05, 0.1) is 11.2 Å². The highest BCUT2D eigenvalue weighted by molar-refractivity contribution is 7.90. The molecule has 0 N–H and O–H groups in total. The van der Waals surface area contributed by atoms with Crippen molar-refractivity contribution in [2.45, 2.75) is 45.6 Å². The first-order valence-electron chi connectivity index (χ1n) is 5.82. The third kappa shape index (κ3) is 2.10. The minimum Gasteiger partial charge on any atom is -0.300 e. The molecule has 0 atom stereocenters. The lowest BCUT2D eigenvalue weighted by Gasteiger charge is -2.29. The number of rotatable bonds is 1. The number of carbonyl (C=O) groups is 2. The topological polar surface area (TPSA) is 71.5 Å². The van der Waals surface area contributed by atoms with Gasteiger partial charge in [-0.2, -0.15) is 0 Å². The molecule has 0 radical (unpaired) electrons. The molecule has 2 rings (SSSR count). The third-order valence-corrected chi connectivity index (χ3v) is 5.62. The van der Waals surface area contributed by atoms with E-state index in [1.807, 2.05) is 0 Å². The average molecular weight is 259 g/mol. The maximum absolute atomic E-state index is 12.1. The monoisotopic (exact) mass is 259 g/mol. The van der Waals surface area contributed by atoms with Crippen molar-refractivity contribution in [3.8, 4) is 0 Å². The van der Waals surface area contributed by atoms with Crippen molar-refractivity contribution in [3.05, 3.63) is 0 Å². The van der Waals surface area contributed by atoms with Gasteiger partial charge in [-0.25, -0.2) is 12.7 Å². The molecule has 0 bridgehead atoms. The average Bonchev–Trinajstić information content (AvgIpc) is 2.34. The summed E-state index contributed by atoms with van der Waals surface area (Å²) in [5.74, 6) is -0.287. The van der Waals surface area contributed by atoms with Crippen molar-refractivity contribution in [1.29, 1.82) is 0 Å². The molecule has 96 valence electrons. The number of amides is 1. The lowest BCUT2D eigenvalue weighted by molar-refractivity contribution is -0.135. The van der Waals surface area contributed by atoms with Crippen molar-refractivity contribution in [2.75, 3.05) is 5.75 Å². The molecular formula is C11H17NO4S. The molecule has 1 aliphatic carbocycles. The number of nitrogens with zero attached hydrogens (tertiary/aromatic N) is 1. The largest absolute Gasteiger partial charge is 0.300 e. The number of carbonyl (C=O) groups excluding carboxylic acids is 2. The van der Waals surface area contributed by atoms with Gasteiger partial charge in [0, 0.05) is 18.9 Å². The Morgan fingerprint density at radius 2 is 1.71 bits per heavy atom. The maximum Gasteiger partial charge on any atom is 0.243 e. The lowest BCUT2D eigenvalue weighted by Crippen LogP contribution is -2.43. The van der Waals surface area contributed by atoms with Gasteiger partial charge in [-0.3, -0.25) is 9.59 Å². The molecule has 5 nitrogen and oxygen atoms in total. The fraction of sp³-hybridized carbons (Fsp3) is 0.818. The molecule has 1 saturated carbocycles. The summed E-state index contributed by atoms with van der Waals surface area (Å²) in [6.07, 6.45) is 1.70. The molecule has 2 fully saturated rings. The van der Waals surface area contributed by atoms with Crippen molar-refractivity contribution < 1.29 is 18.0 Å². The number of sulfonamides is 1. The second-order valence-electron chi connectivity index (χ2n) is 5.51. The second kappa shape index (κ2) is 3.80. The molecule has 1 heterocycles. The van der Waals surface area contributed by atoms with Crippen molar-refractivity contribution in [3.63, 3.8) is 0 Å². The van der Waals surface area contributed by atoms with Gasteiger partial charge < -0.3 is 0 Å². The van der Waals surface area contributed by atoms with Gasteiger partial charge >= 0.3 is 0 Å². The predicted octanol–water partition coefficient (Wildman–Crippen LogP) is 0.696. The zero-order valence-electron chi connectivity index (χ0n) is 10.1. The van der Waals surface area contributed by atoms with Crippen LogP contribution in [0, 0.1) is 5.41 Å². The van der Waals surface area contributed by atoms with E-state index in [-0.39, 0.29) is 23.5 Å². The molecule has 1 saturated heterocycles. The van der Waals surface area contributed by atoms with Crippen LogP contribution in [0.4, 0.5) is 0 Å². The summed E-state index contributed by atoms with van der Waals surface area (Å²) < 4.78 is 25.0. The normalized spacial score (nSPS) is 28.7. The summed E-state index contributed by atoms with van der Waals surface area (Å²) >= 11 is 0. The zero-order chi connectivity index (χ0) is 12.8. The SMILES string of the molecule is CC1(C)CS(=O)(=O)N(C2CCC(=O)CC2)C1=O. The van der Waals surface area contributed by atoms with Crippen LogP contribution in [0.25, 0.3) is 0 Å². The maximum atomic E-state index is 12.1. The molecule has 17 heavy (non-hydrogen) atoms. The minimum atomic E-state index is -3.49. The number of hydrogen-bond acceptors (Lipinski definition) is 4. The molecule has 0 aromatic heterocycles. The Morgan fingerprint density at radius 1 is 1.18 bits per heavy atom. The smallest absolute Gasteiger partial charge is 0.243 e. The Balaban J connectivity index is 2.26. The minimum absolute atomic E-state index is 0.122. The molecule has 0 unspecified atom stereocenters. The molecule has 0 aromatic rings. The van der Waals surface area contributed by atoms with E-state index in [4.69, 9.17) is 0 Å². The molecule has 6 heteroatoms. The van der Waals surface area contributed by atoms with Crippen LogP contribution in [-0.4, -0.2) is 36.2 Å². The first-order chi connectivity index (χ1) is 7.74. The molecule has 1 aliphatic heterocycles. The van der Waals surface area contributed by atoms with Crippen LogP contribution in [0.15, 0.2) is 0 Å². The highest BCUT2D eigenvalue weighted by atomic mass is 32.2. The molecule has 2 aliphatic rings. The van der Waals surface area contributed by atoms with E-state index in [1.54, 1.807) is 13.8 Å². The van der Waals surface area contributed by atoms with E-state index in [2.05, 4.69) is 0 Å². The van der Waals surface area contributed by atoms with Crippen LogP contribution < -0.4 is 0 Å². The van der Waals surface area contributed by atoms with Crippen LogP contribution >= 0.6 is 0 Å². The summed E-state index contributed by atoms with van der Waals surface area (Å²) in [4.78, 5) is 23.2. The standard InChI is InChI=1S/C11H17NO4S/c1-11(2)7-17(15,16)12(10(11)14)8-3-5-9(13)6-4-8/h8H,3-7H2,1-2H3. The third-order valence-electron chi connectivity index (χ3n) is 3.47. The van der Waals surface area contributed by atoms with Crippen molar-refractivity contribution in [1.82, 2.24) is 4.31 Å². The number of hydrogen-bond donors (Lipinski definition) is 0. The Labute approximate surface area is 101 Å².